The van der Waals surface area contributed by atoms with Gasteiger partial charge in [0.1, 0.15) is 0 Å². The third-order valence-corrected chi connectivity index (χ3v) is 5.50. The van der Waals surface area contributed by atoms with Gasteiger partial charge in [0.25, 0.3) is 0 Å². The van der Waals surface area contributed by atoms with Gasteiger partial charge in [-0.15, -0.1) is 0 Å². The second-order valence-corrected chi connectivity index (χ2v) is 7.63. The fourth-order valence-corrected chi connectivity index (χ4v) is 3.81. The molecule has 0 N–H and O–H groups in total. The molecule has 1 amide bonds. The van der Waals surface area contributed by atoms with E-state index < -0.39 is 0 Å². The zero-order valence-corrected chi connectivity index (χ0v) is 17.3. The molecule has 1 aliphatic rings. The molecule has 1 aromatic heterocycles. The van der Waals surface area contributed by atoms with Crippen molar-refractivity contribution in [2.45, 2.75) is 39.3 Å². The fourth-order valence-electron chi connectivity index (χ4n) is 3.54. The first-order chi connectivity index (χ1) is 13.5. The van der Waals surface area contributed by atoms with Gasteiger partial charge in [0, 0.05) is 44.2 Å². The van der Waals surface area contributed by atoms with Crippen molar-refractivity contribution in [2.75, 3.05) is 32.8 Å². The van der Waals surface area contributed by atoms with Gasteiger partial charge in [-0.1, -0.05) is 35.5 Å². The maximum atomic E-state index is 13.1. The van der Waals surface area contributed by atoms with E-state index >= 15 is 0 Å². The highest BCUT2D eigenvalue weighted by atomic mass is 35.5. The smallest absolute Gasteiger partial charge is 0.229 e. The van der Waals surface area contributed by atoms with Crippen molar-refractivity contribution in [3.63, 3.8) is 0 Å². The molecule has 0 aliphatic carbocycles. The summed E-state index contributed by atoms with van der Waals surface area (Å²) in [6, 6.07) is 10.2. The topological polar surface area (TPSA) is 58.8 Å². The number of ether oxygens (including phenoxy) is 1. The lowest BCUT2D eigenvalue weighted by molar-refractivity contribution is -0.134. The third kappa shape index (κ3) is 5.56. The van der Waals surface area contributed by atoms with Gasteiger partial charge in [0.05, 0.1) is 18.9 Å². The highest BCUT2D eigenvalue weighted by Crippen LogP contribution is 2.21. The summed E-state index contributed by atoms with van der Waals surface area (Å²) in [6.07, 6.45) is 0.907. The zero-order valence-electron chi connectivity index (χ0n) is 16.6. The molecule has 1 saturated heterocycles. The van der Waals surface area contributed by atoms with Crippen LogP contribution in [0.4, 0.5) is 0 Å². The first kappa shape index (κ1) is 20.8. The van der Waals surface area contributed by atoms with Gasteiger partial charge in [-0.2, -0.15) is 0 Å². The number of amides is 1. The molecule has 7 heteroatoms. The number of carbonyl (C=O) groups excluding carboxylic acids is 1. The van der Waals surface area contributed by atoms with Crippen LogP contribution in [0.2, 0.25) is 5.22 Å². The number of carbonyl (C=O) groups is 1. The number of benzene rings is 1. The highest BCUT2D eigenvalue weighted by molar-refractivity contribution is 6.29. The van der Waals surface area contributed by atoms with Crippen molar-refractivity contribution >= 4 is 17.5 Å². The third-order valence-electron chi connectivity index (χ3n) is 5.20. The van der Waals surface area contributed by atoms with E-state index in [4.69, 9.17) is 20.9 Å². The van der Waals surface area contributed by atoms with E-state index in [1.165, 1.54) is 0 Å². The molecule has 1 atom stereocenters. The van der Waals surface area contributed by atoms with Gasteiger partial charge in [0.15, 0.2) is 0 Å². The van der Waals surface area contributed by atoms with Crippen LogP contribution in [0.5, 0.6) is 0 Å². The van der Waals surface area contributed by atoms with Crippen LogP contribution >= 0.6 is 11.6 Å². The standard InChI is InChI=1S/C21H28ClN3O3/c1-16(14-24-10-12-27-13-11-24)25(15-18-6-4-3-5-7-18)20(26)9-8-19-17(2)23-28-21(19)22/h3-7,16H,8-15H2,1-2H3. The maximum Gasteiger partial charge on any atom is 0.229 e. The monoisotopic (exact) mass is 405 g/mol. The van der Waals surface area contributed by atoms with E-state index in [1.807, 2.05) is 30.0 Å². The lowest BCUT2D eigenvalue weighted by Crippen LogP contribution is -2.48. The molecule has 1 unspecified atom stereocenters. The summed E-state index contributed by atoms with van der Waals surface area (Å²) >= 11 is 6.06. The van der Waals surface area contributed by atoms with E-state index in [0.29, 0.717) is 19.4 Å². The fraction of sp³-hybridized carbons (Fsp3) is 0.524. The van der Waals surface area contributed by atoms with Crippen molar-refractivity contribution < 1.29 is 14.1 Å². The van der Waals surface area contributed by atoms with Crippen molar-refractivity contribution in [3.05, 3.63) is 52.4 Å². The summed E-state index contributed by atoms with van der Waals surface area (Å²) < 4.78 is 10.4. The molecule has 1 fully saturated rings. The molecule has 0 bridgehead atoms. The van der Waals surface area contributed by atoms with Crippen molar-refractivity contribution in [3.8, 4) is 0 Å². The molecular formula is C21H28ClN3O3. The van der Waals surface area contributed by atoms with E-state index in [2.05, 4.69) is 29.1 Å². The summed E-state index contributed by atoms with van der Waals surface area (Å²) in [5.74, 6) is 0.112. The molecule has 1 aromatic carbocycles. The van der Waals surface area contributed by atoms with Crippen LogP contribution in [0, 0.1) is 6.92 Å². The predicted molar refractivity (Wildman–Crippen MR) is 108 cm³/mol. The number of aryl methyl sites for hydroxylation is 1. The summed E-state index contributed by atoms with van der Waals surface area (Å²) in [7, 11) is 0. The number of aromatic nitrogens is 1. The summed E-state index contributed by atoms with van der Waals surface area (Å²) in [6.45, 7) is 8.73. The Morgan fingerprint density at radius 3 is 2.64 bits per heavy atom. The second-order valence-electron chi connectivity index (χ2n) is 7.29. The Kier molecular flexibility index (Phi) is 7.48. The minimum Gasteiger partial charge on any atom is -0.379 e. The normalized spacial score (nSPS) is 16.1. The predicted octanol–water partition coefficient (Wildman–Crippen LogP) is 3.32. The number of morpholine rings is 1. The average Bonchev–Trinajstić information content (AvgIpc) is 3.03. The number of nitrogens with zero attached hydrogens (tertiary/aromatic N) is 3. The molecule has 152 valence electrons. The van der Waals surface area contributed by atoms with Crippen LogP contribution < -0.4 is 0 Å². The van der Waals surface area contributed by atoms with Gasteiger partial charge in [-0.25, -0.2) is 0 Å². The second kappa shape index (κ2) is 10.0. The van der Waals surface area contributed by atoms with Gasteiger partial charge >= 0.3 is 0 Å². The van der Waals surface area contributed by atoms with Gasteiger partial charge in [0.2, 0.25) is 11.1 Å². The molecule has 1 aliphatic heterocycles. The number of hydrogen-bond donors (Lipinski definition) is 0. The minimum atomic E-state index is 0.102. The van der Waals surface area contributed by atoms with Gasteiger partial charge in [-0.05, 0) is 37.4 Å². The first-order valence-corrected chi connectivity index (χ1v) is 10.2. The number of hydrogen-bond acceptors (Lipinski definition) is 5. The van der Waals surface area contributed by atoms with Crippen LogP contribution in [0.25, 0.3) is 0 Å². The molecular weight excluding hydrogens is 378 g/mol. The minimum absolute atomic E-state index is 0.102. The Hall–Kier alpha value is -1.89. The molecule has 0 saturated carbocycles. The van der Waals surface area contributed by atoms with E-state index in [-0.39, 0.29) is 17.2 Å². The average molecular weight is 406 g/mol. The van der Waals surface area contributed by atoms with E-state index in [0.717, 1.165) is 49.7 Å². The van der Waals surface area contributed by atoms with Crippen molar-refractivity contribution in [2.24, 2.45) is 0 Å². The molecule has 2 aromatic rings. The number of halogens is 1. The van der Waals surface area contributed by atoms with Crippen molar-refractivity contribution in [1.29, 1.82) is 0 Å². The molecule has 2 heterocycles. The largest absolute Gasteiger partial charge is 0.379 e. The van der Waals surface area contributed by atoms with E-state index in [9.17, 15) is 4.79 Å². The lowest BCUT2D eigenvalue weighted by Gasteiger charge is -2.35. The van der Waals surface area contributed by atoms with Crippen LogP contribution in [0.15, 0.2) is 34.9 Å². The van der Waals surface area contributed by atoms with E-state index in [1.54, 1.807) is 0 Å². The van der Waals surface area contributed by atoms with Crippen LogP contribution in [-0.2, 0) is 22.5 Å². The Morgan fingerprint density at radius 2 is 2.00 bits per heavy atom. The zero-order chi connectivity index (χ0) is 19.9. The Bertz CT molecular complexity index is 740. The first-order valence-electron chi connectivity index (χ1n) is 9.78. The maximum absolute atomic E-state index is 13.1. The highest BCUT2D eigenvalue weighted by Gasteiger charge is 2.24. The van der Waals surface area contributed by atoms with Gasteiger partial charge in [-0.3, -0.25) is 9.69 Å². The Morgan fingerprint density at radius 1 is 1.29 bits per heavy atom. The quantitative estimate of drug-likeness (QED) is 0.674. The van der Waals surface area contributed by atoms with Crippen LogP contribution in [0.1, 0.15) is 30.2 Å². The van der Waals surface area contributed by atoms with Crippen molar-refractivity contribution in [1.82, 2.24) is 15.0 Å². The SMILES string of the molecule is Cc1noc(Cl)c1CCC(=O)N(Cc1ccccc1)C(C)CN1CCOCC1. The molecule has 0 spiro atoms. The molecule has 28 heavy (non-hydrogen) atoms. The molecule has 3 rings (SSSR count). The summed E-state index contributed by atoms with van der Waals surface area (Å²) in [4.78, 5) is 17.5. The Labute approximate surface area is 171 Å². The van der Waals surface area contributed by atoms with Crippen LogP contribution in [-0.4, -0.2) is 59.8 Å². The Balaban J connectivity index is 1.67. The van der Waals surface area contributed by atoms with Crippen LogP contribution in [0.3, 0.4) is 0 Å². The lowest BCUT2D eigenvalue weighted by atomic mass is 10.1. The molecule has 6 nitrogen and oxygen atoms in total. The van der Waals surface area contributed by atoms with Gasteiger partial charge < -0.3 is 14.2 Å². The number of rotatable bonds is 8. The molecule has 0 radical (unpaired) electrons. The summed E-state index contributed by atoms with van der Waals surface area (Å²) in [5, 5.41) is 4.15. The summed E-state index contributed by atoms with van der Waals surface area (Å²) in [5.41, 5.74) is 2.69.